The minimum absolute atomic E-state index is 0.00436. The number of rotatable bonds is 8. The van der Waals surface area contributed by atoms with Crippen molar-refractivity contribution in [3.05, 3.63) is 54.3 Å². The molecule has 1 rings (SSSR count). The van der Waals surface area contributed by atoms with Crippen LogP contribution in [0.15, 0.2) is 54.3 Å². The third-order valence-electron chi connectivity index (χ3n) is 2.58. The van der Waals surface area contributed by atoms with E-state index >= 15 is 0 Å². The van der Waals surface area contributed by atoms with Crippen molar-refractivity contribution in [2.24, 2.45) is 0 Å². The molecule has 0 aliphatic heterocycles. The Morgan fingerprint density at radius 2 is 1.91 bits per heavy atom. The van der Waals surface area contributed by atoms with Gasteiger partial charge >= 0.3 is 5.97 Å². The fraction of sp³-hybridized carbons (Fsp3) is 0.235. The van der Waals surface area contributed by atoms with Crippen molar-refractivity contribution in [1.82, 2.24) is 4.90 Å². The highest BCUT2D eigenvalue weighted by molar-refractivity contribution is 5.71. The Morgan fingerprint density at radius 3 is 2.57 bits per heavy atom. The molecular weight excluding hydrogens is 294 g/mol. The van der Waals surface area contributed by atoms with Gasteiger partial charge in [-0.05, 0) is 30.5 Å². The second kappa shape index (κ2) is 10.5. The van der Waals surface area contributed by atoms with Crippen LogP contribution in [0.1, 0.15) is 0 Å². The van der Waals surface area contributed by atoms with E-state index in [1.54, 1.807) is 30.3 Å². The quantitative estimate of drug-likeness (QED) is 0.316. The van der Waals surface area contributed by atoms with Gasteiger partial charge in [0.15, 0.2) is 0 Å². The van der Waals surface area contributed by atoms with Crippen molar-refractivity contribution in [1.29, 1.82) is 10.5 Å². The molecule has 0 atom stereocenters. The summed E-state index contributed by atoms with van der Waals surface area (Å²) < 4.78 is 10.4. The number of nitrogens with zero attached hydrogens (tertiary/aromatic N) is 3. The summed E-state index contributed by atoms with van der Waals surface area (Å²) in [5.41, 5.74) is -0.00436. The molecule has 0 heterocycles. The van der Waals surface area contributed by atoms with Crippen LogP contribution in [0, 0.1) is 22.7 Å². The lowest BCUT2D eigenvalue weighted by Crippen LogP contribution is -2.24. The number of hydrogen-bond acceptors (Lipinski definition) is 6. The van der Waals surface area contributed by atoms with Crippen molar-refractivity contribution in [3.8, 4) is 17.9 Å². The number of carbonyl (C=O) groups is 1. The topological polar surface area (TPSA) is 86.4 Å². The van der Waals surface area contributed by atoms with E-state index in [2.05, 4.69) is 0 Å². The van der Waals surface area contributed by atoms with Gasteiger partial charge in [-0.3, -0.25) is 4.79 Å². The van der Waals surface area contributed by atoms with Crippen LogP contribution in [0.25, 0.3) is 0 Å². The van der Waals surface area contributed by atoms with Crippen LogP contribution < -0.4 is 4.74 Å². The third-order valence-corrected chi connectivity index (χ3v) is 2.58. The first-order valence-electron chi connectivity index (χ1n) is 6.88. The van der Waals surface area contributed by atoms with E-state index in [1.807, 2.05) is 30.3 Å². The third kappa shape index (κ3) is 7.93. The highest BCUT2D eigenvalue weighted by atomic mass is 16.6. The van der Waals surface area contributed by atoms with Crippen LogP contribution in [0.5, 0.6) is 5.75 Å². The smallest absolute Gasteiger partial charge is 0.325 e. The second-order valence-corrected chi connectivity index (χ2v) is 4.44. The summed E-state index contributed by atoms with van der Waals surface area (Å²) in [5, 5.41) is 17.1. The Kier molecular flexibility index (Phi) is 8.11. The Bertz CT molecular complexity index is 623. The van der Waals surface area contributed by atoms with Gasteiger partial charge in [0.25, 0.3) is 0 Å². The molecule has 0 saturated carbocycles. The Balaban J connectivity index is 2.23. The minimum atomic E-state index is -0.390. The van der Waals surface area contributed by atoms with E-state index in [0.29, 0.717) is 0 Å². The first kappa shape index (κ1) is 17.8. The monoisotopic (exact) mass is 311 g/mol. The molecule has 0 spiro atoms. The molecule has 0 N–H and O–H groups in total. The standard InChI is InChI=1S/C17H17N3O3/c1-20(9-5-6-15(12-18)13-19)14-17(21)23-11-10-22-16-7-3-2-4-8-16/h2-9H,10-11,14H2,1H3/b9-5+. The maximum atomic E-state index is 11.6. The molecule has 118 valence electrons. The largest absolute Gasteiger partial charge is 0.490 e. The lowest BCUT2D eigenvalue weighted by molar-refractivity contribution is -0.144. The van der Waals surface area contributed by atoms with E-state index in [0.717, 1.165) is 5.75 Å². The first-order chi connectivity index (χ1) is 11.2. The second-order valence-electron chi connectivity index (χ2n) is 4.44. The Hall–Kier alpha value is -3.25. The van der Waals surface area contributed by atoms with Gasteiger partial charge in [-0.2, -0.15) is 10.5 Å². The summed E-state index contributed by atoms with van der Waals surface area (Å²) in [6.07, 6.45) is 4.47. The number of esters is 1. The molecular formula is C17H17N3O3. The number of nitriles is 2. The van der Waals surface area contributed by atoms with Crippen LogP contribution in [0.3, 0.4) is 0 Å². The molecule has 0 aliphatic carbocycles. The summed E-state index contributed by atoms with van der Waals surface area (Å²) in [4.78, 5) is 13.2. The average molecular weight is 311 g/mol. The molecule has 0 saturated heterocycles. The molecule has 23 heavy (non-hydrogen) atoms. The normalized spacial score (nSPS) is 9.52. The summed E-state index contributed by atoms with van der Waals surface area (Å²) in [7, 11) is 1.69. The molecule has 0 aromatic heterocycles. The van der Waals surface area contributed by atoms with Gasteiger partial charge in [-0.15, -0.1) is 0 Å². The zero-order chi connectivity index (χ0) is 16.9. The van der Waals surface area contributed by atoms with Crippen molar-refractivity contribution in [2.45, 2.75) is 0 Å². The SMILES string of the molecule is CN(/C=C/C=C(C#N)C#N)CC(=O)OCCOc1ccccc1. The van der Waals surface area contributed by atoms with Crippen molar-refractivity contribution in [2.75, 3.05) is 26.8 Å². The number of carbonyl (C=O) groups excluding carboxylic acids is 1. The maximum absolute atomic E-state index is 11.6. The Labute approximate surface area is 135 Å². The summed E-state index contributed by atoms with van der Waals surface area (Å²) in [6.45, 7) is 0.508. The van der Waals surface area contributed by atoms with Gasteiger partial charge in [0.1, 0.15) is 43.2 Å². The summed E-state index contributed by atoms with van der Waals surface area (Å²) in [6, 6.07) is 12.7. The predicted octanol–water partition coefficient (Wildman–Crippen LogP) is 2.03. The minimum Gasteiger partial charge on any atom is -0.490 e. The number of ether oxygens (including phenoxy) is 2. The van der Waals surface area contributed by atoms with Crippen molar-refractivity contribution in [3.63, 3.8) is 0 Å². The molecule has 6 heteroatoms. The first-order valence-corrected chi connectivity index (χ1v) is 6.88. The fourth-order valence-corrected chi connectivity index (χ4v) is 1.52. The van der Waals surface area contributed by atoms with Gasteiger partial charge in [-0.1, -0.05) is 18.2 Å². The molecule has 0 aliphatic rings. The predicted molar refractivity (Wildman–Crippen MR) is 84.0 cm³/mol. The summed E-state index contributed by atoms with van der Waals surface area (Å²) >= 11 is 0. The molecule has 0 fully saturated rings. The van der Waals surface area contributed by atoms with Crippen LogP contribution in [0.2, 0.25) is 0 Å². The Morgan fingerprint density at radius 1 is 1.22 bits per heavy atom. The van der Waals surface area contributed by atoms with E-state index in [4.69, 9.17) is 20.0 Å². The number of hydrogen-bond donors (Lipinski definition) is 0. The zero-order valence-electron chi connectivity index (χ0n) is 12.8. The van der Waals surface area contributed by atoms with Crippen LogP contribution in [0.4, 0.5) is 0 Å². The zero-order valence-corrected chi connectivity index (χ0v) is 12.8. The molecule has 6 nitrogen and oxygen atoms in total. The van der Waals surface area contributed by atoms with Crippen LogP contribution in [-0.2, 0) is 9.53 Å². The highest BCUT2D eigenvalue weighted by Crippen LogP contribution is 2.07. The fourth-order valence-electron chi connectivity index (χ4n) is 1.52. The molecule has 0 amide bonds. The van der Waals surface area contributed by atoms with Crippen molar-refractivity contribution < 1.29 is 14.3 Å². The van der Waals surface area contributed by atoms with E-state index in [1.165, 1.54) is 12.2 Å². The highest BCUT2D eigenvalue weighted by Gasteiger charge is 2.04. The van der Waals surface area contributed by atoms with E-state index in [9.17, 15) is 4.79 Å². The molecule has 0 unspecified atom stereocenters. The van der Waals surface area contributed by atoms with Gasteiger partial charge in [0.05, 0.1) is 0 Å². The number of likely N-dealkylation sites (N-methyl/N-ethyl adjacent to an activating group) is 1. The number of benzene rings is 1. The maximum Gasteiger partial charge on any atom is 0.325 e. The lowest BCUT2D eigenvalue weighted by atomic mass is 10.3. The average Bonchev–Trinajstić information content (AvgIpc) is 2.56. The van der Waals surface area contributed by atoms with Crippen molar-refractivity contribution >= 4 is 5.97 Å². The van der Waals surface area contributed by atoms with Gasteiger partial charge in [0, 0.05) is 7.05 Å². The molecule has 0 radical (unpaired) electrons. The number of allylic oxidation sites excluding steroid dienone is 3. The lowest BCUT2D eigenvalue weighted by Gasteiger charge is -2.13. The summed E-state index contributed by atoms with van der Waals surface area (Å²) in [5.74, 6) is 0.333. The molecule has 0 bridgehead atoms. The van der Waals surface area contributed by atoms with Gasteiger partial charge < -0.3 is 14.4 Å². The number of para-hydroxylation sites is 1. The van der Waals surface area contributed by atoms with Crippen LogP contribution in [-0.4, -0.2) is 37.7 Å². The van der Waals surface area contributed by atoms with Crippen LogP contribution >= 0.6 is 0 Å². The molecule has 1 aromatic rings. The molecule has 1 aromatic carbocycles. The van der Waals surface area contributed by atoms with Gasteiger partial charge in [-0.25, -0.2) is 0 Å². The van der Waals surface area contributed by atoms with Gasteiger partial charge in [0.2, 0.25) is 0 Å². The van der Waals surface area contributed by atoms with E-state index < -0.39 is 5.97 Å². The van der Waals surface area contributed by atoms with E-state index in [-0.39, 0.29) is 25.3 Å².